The van der Waals surface area contributed by atoms with Gasteiger partial charge >= 0.3 is 0 Å². The number of hydrogen-bond acceptors (Lipinski definition) is 5. The van der Waals surface area contributed by atoms with E-state index in [-0.39, 0.29) is 6.04 Å². The molecule has 2 aromatic rings. The molecule has 5 nitrogen and oxygen atoms in total. The van der Waals surface area contributed by atoms with E-state index < -0.39 is 0 Å². The standard InChI is InChI=1S/C24H33NO4/c1-5-26-21-10-9-17(14-22(21)27-6-2)13-20-19-16-24(29-8-4)23(28-7-3)15-18(19)11-12-25-20/h9-10,14-16,20,25H,5-8,11-13H2,1-4H3/t20-/m1/s1. The molecule has 29 heavy (non-hydrogen) atoms. The Kier molecular flexibility index (Phi) is 7.64. The van der Waals surface area contributed by atoms with Gasteiger partial charge in [-0.05, 0) is 88.0 Å². The average molecular weight is 400 g/mol. The van der Waals surface area contributed by atoms with Crippen molar-refractivity contribution in [3.05, 3.63) is 47.0 Å². The van der Waals surface area contributed by atoms with Crippen molar-refractivity contribution in [3.63, 3.8) is 0 Å². The van der Waals surface area contributed by atoms with Crippen LogP contribution in [0.2, 0.25) is 0 Å². The number of ether oxygens (including phenoxy) is 4. The van der Waals surface area contributed by atoms with Crippen molar-refractivity contribution in [2.75, 3.05) is 33.0 Å². The van der Waals surface area contributed by atoms with Crippen LogP contribution in [0.25, 0.3) is 0 Å². The van der Waals surface area contributed by atoms with E-state index in [1.807, 2.05) is 33.8 Å². The molecule has 158 valence electrons. The molecule has 0 fully saturated rings. The van der Waals surface area contributed by atoms with Crippen molar-refractivity contribution < 1.29 is 18.9 Å². The van der Waals surface area contributed by atoms with Crippen LogP contribution < -0.4 is 24.3 Å². The number of benzene rings is 2. The predicted octanol–water partition coefficient (Wildman–Crippen LogP) is 4.71. The highest BCUT2D eigenvalue weighted by Crippen LogP contribution is 2.37. The average Bonchev–Trinajstić information content (AvgIpc) is 2.71. The highest BCUT2D eigenvalue weighted by Gasteiger charge is 2.23. The molecule has 0 aromatic heterocycles. The van der Waals surface area contributed by atoms with E-state index in [0.717, 1.165) is 42.4 Å². The van der Waals surface area contributed by atoms with Gasteiger partial charge in [-0.25, -0.2) is 0 Å². The zero-order valence-electron chi connectivity index (χ0n) is 18.0. The lowest BCUT2D eigenvalue weighted by molar-refractivity contribution is 0.286. The summed E-state index contributed by atoms with van der Waals surface area (Å²) in [6.07, 6.45) is 1.87. The molecule has 1 aliphatic rings. The Morgan fingerprint density at radius 3 is 2.00 bits per heavy atom. The lowest BCUT2D eigenvalue weighted by Crippen LogP contribution is -2.31. The van der Waals surface area contributed by atoms with Crippen molar-refractivity contribution in [2.24, 2.45) is 0 Å². The fourth-order valence-electron chi connectivity index (χ4n) is 3.83. The summed E-state index contributed by atoms with van der Waals surface area (Å²) in [7, 11) is 0. The van der Waals surface area contributed by atoms with Crippen molar-refractivity contribution in [1.82, 2.24) is 5.32 Å². The SMILES string of the molecule is CCOc1ccc(C[C@H]2NCCc3cc(OCC)c(OCC)cc32)cc1OCC. The number of rotatable bonds is 10. The molecule has 0 spiro atoms. The molecule has 0 unspecified atom stereocenters. The quantitative estimate of drug-likeness (QED) is 0.627. The number of fused-ring (bicyclic) bond motifs is 1. The molecule has 0 saturated heterocycles. The zero-order valence-corrected chi connectivity index (χ0v) is 18.0. The maximum Gasteiger partial charge on any atom is 0.161 e. The Morgan fingerprint density at radius 2 is 1.34 bits per heavy atom. The Labute approximate surface area is 174 Å². The summed E-state index contributed by atoms with van der Waals surface area (Å²) in [5.74, 6) is 3.27. The maximum absolute atomic E-state index is 5.86. The molecule has 1 aliphatic heterocycles. The minimum absolute atomic E-state index is 0.223. The minimum atomic E-state index is 0.223. The third kappa shape index (κ3) is 5.15. The molecule has 0 bridgehead atoms. The normalized spacial score (nSPS) is 15.5. The molecule has 1 N–H and O–H groups in total. The van der Waals surface area contributed by atoms with Gasteiger partial charge in [0.15, 0.2) is 23.0 Å². The fourth-order valence-corrected chi connectivity index (χ4v) is 3.83. The van der Waals surface area contributed by atoms with Gasteiger partial charge in [0.1, 0.15) is 0 Å². The highest BCUT2D eigenvalue weighted by atomic mass is 16.5. The molecule has 1 heterocycles. The van der Waals surface area contributed by atoms with Crippen LogP contribution in [0.3, 0.4) is 0 Å². The van der Waals surface area contributed by atoms with Crippen molar-refractivity contribution in [1.29, 1.82) is 0 Å². The molecule has 1 atom stereocenters. The van der Waals surface area contributed by atoms with E-state index in [1.54, 1.807) is 0 Å². The van der Waals surface area contributed by atoms with Crippen molar-refractivity contribution in [3.8, 4) is 23.0 Å². The summed E-state index contributed by atoms with van der Waals surface area (Å²) in [5, 5.41) is 3.67. The summed E-state index contributed by atoms with van der Waals surface area (Å²) < 4.78 is 23.2. The van der Waals surface area contributed by atoms with Crippen molar-refractivity contribution in [2.45, 2.75) is 46.6 Å². The van der Waals surface area contributed by atoms with Crippen LogP contribution >= 0.6 is 0 Å². The van der Waals surface area contributed by atoms with Crippen LogP contribution in [0, 0.1) is 0 Å². The first-order valence-corrected chi connectivity index (χ1v) is 10.7. The summed E-state index contributed by atoms with van der Waals surface area (Å²) in [6, 6.07) is 10.8. The van der Waals surface area contributed by atoms with Crippen LogP contribution in [-0.4, -0.2) is 33.0 Å². The molecule has 3 rings (SSSR count). The molecule has 0 radical (unpaired) electrons. The first-order valence-electron chi connectivity index (χ1n) is 10.7. The zero-order chi connectivity index (χ0) is 20.6. The number of nitrogens with one attached hydrogen (secondary N) is 1. The van der Waals surface area contributed by atoms with Gasteiger partial charge in [0.05, 0.1) is 26.4 Å². The highest BCUT2D eigenvalue weighted by molar-refractivity contribution is 5.50. The van der Waals surface area contributed by atoms with E-state index in [0.29, 0.717) is 26.4 Å². The van der Waals surface area contributed by atoms with Crippen LogP contribution in [0.5, 0.6) is 23.0 Å². The van der Waals surface area contributed by atoms with Gasteiger partial charge in [0.25, 0.3) is 0 Å². The minimum Gasteiger partial charge on any atom is -0.490 e. The van der Waals surface area contributed by atoms with Gasteiger partial charge in [0.2, 0.25) is 0 Å². The topological polar surface area (TPSA) is 49.0 Å². The van der Waals surface area contributed by atoms with Crippen LogP contribution in [0.15, 0.2) is 30.3 Å². The third-order valence-electron chi connectivity index (χ3n) is 5.01. The van der Waals surface area contributed by atoms with E-state index >= 15 is 0 Å². The Balaban J connectivity index is 1.88. The molecule has 0 amide bonds. The van der Waals surface area contributed by atoms with Gasteiger partial charge in [-0.2, -0.15) is 0 Å². The van der Waals surface area contributed by atoms with Crippen LogP contribution in [0.4, 0.5) is 0 Å². The Morgan fingerprint density at radius 1 is 0.759 bits per heavy atom. The molecule has 2 aromatic carbocycles. The second-order valence-corrected chi connectivity index (χ2v) is 6.97. The van der Waals surface area contributed by atoms with Gasteiger partial charge in [-0.15, -0.1) is 0 Å². The molecular weight excluding hydrogens is 366 g/mol. The van der Waals surface area contributed by atoms with Crippen LogP contribution in [0.1, 0.15) is 50.4 Å². The summed E-state index contributed by atoms with van der Waals surface area (Å²) >= 11 is 0. The lowest BCUT2D eigenvalue weighted by Gasteiger charge is -2.29. The maximum atomic E-state index is 5.86. The summed E-state index contributed by atoms with van der Waals surface area (Å²) in [4.78, 5) is 0. The molecule has 0 saturated carbocycles. The largest absolute Gasteiger partial charge is 0.490 e. The fraction of sp³-hybridized carbons (Fsp3) is 0.500. The van der Waals surface area contributed by atoms with Gasteiger partial charge < -0.3 is 24.3 Å². The smallest absolute Gasteiger partial charge is 0.161 e. The molecular formula is C24H33NO4. The second-order valence-electron chi connectivity index (χ2n) is 6.97. The summed E-state index contributed by atoms with van der Waals surface area (Å²) in [5.41, 5.74) is 3.83. The predicted molar refractivity (Wildman–Crippen MR) is 116 cm³/mol. The third-order valence-corrected chi connectivity index (χ3v) is 5.01. The van der Waals surface area contributed by atoms with Gasteiger partial charge in [-0.3, -0.25) is 0 Å². The Bertz CT molecular complexity index is 806. The molecule has 5 heteroatoms. The van der Waals surface area contributed by atoms with Gasteiger partial charge in [-0.1, -0.05) is 6.07 Å². The van der Waals surface area contributed by atoms with E-state index in [1.165, 1.54) is 16.7 Å². The first kappa shape index (κ1) is 21.3. The molecule has 0 aliphatic carbocycles. The number of hydrogen-bond donors (Lipinski definition) is 1. The first-order chi connectivity index (χ1) is 14.2. The van der Waals surface area contributed by atoms with E-state index in [2.05, 4.69) is 29.6 Å². The van der Waals surface area contributed by atoms with Crippen LogP contribution in [-0.2, 0) is 12.8 Å². The van der Waals surface area contributed by atoms with Crippen molar-refractivity contribution >= 4 is 0 Å². The van der Waals surface area contributed by atoms with Gasteiger partial charge in [0, 0.05) is 6.04 Å². The lowest BCUT2D eigenvalue weighted by atomic mass is 9.89. The monoisotopic (exact) mass is 399 g/mol. The van der Waals surface area contributed by atoms with E-state index in [9.17, 15) is 0 Å². The second kappa shape index (κ2) is 10.4. The Hall–Kier alpha value is -2.40. The summed E-state index contributed by atoms with van der Waals surface area (Å²) in [6.45, 7) is 11.4. The van der Waals surface area contributed by atoms with E-state index in [4.69, 9.17) is 18.9 Å².